The Bertz CT molecular complexity index is 549. The number of halogens is 2. The van der Waals surface area contributed by atoms with Crippen LogP contribution >= 0.6 is 23.2 Å². The van der Waals surface area contributed by atoms with E-state index in [0.29, 0.717) is 21.3 Å². The van der Waals surface area contributed by atoms with Gasteiger partial charge in [-0.25, -0.2) is 0 Å². The molecule has 2 rings (SSSR count). The van der Waals surface area contributed by atoms with Crippen LogP contribution in [0.1, 0.15) is 16.1 Å². The fraction of sp³-hybridized carbons (Fsp3) is 0.0909. The van der Waals surface area contributed by atoms with E-state index < -0.39 is 0 Å². The van der Waals surface area contributed by atoms with Crippen molar-refractivity contribution < 1.29 is 4.79 Å². The van der Waals surface area contributed by atoms with Crippen molar-refractivity contribution in [2.75, 3.05) is 0 Å². The zero-order chi connectivity index (χ0) is 11.7. The Balaban J connectivity index is 2.46. The third-order valence-corrected chi connectivity index (χ3v) is 2.78. The van der Waals surface area contributed by atoms with Gasteiger partial charge in [0.2, 0.25) is 5.78 Å². The summed E-state index contributed by atoms with van der Waals surface area (Å²) in [6.07, 6.45) is 1.57. The third kappa shape index (κ3) is 1.96. The number of carbonyl (C=O) groups excluding carboxylic acids is 1. The summed E-state index contributed by atoms with van der Waals surface area (Å²) < 4.78 is 1.51. The van der Waals surface area contributed by atoms with Gasteiger partial charge in [0.25, 0.3) is 0 Å². The van der Waals surface area contributed by atoms with E-state index in [4.69, 9.17) is 23.2 Å². The Morgan fingerprint density at radius 2 is 2.06 bits per heavy atom. The molecule has 0 aliphatic rings. The first-order valence-corrected chi connectivity index (χ1v) is 5.33. The maximum atomic E-state index is 12.1. The van der Waals surface area contributed by atoms with E-state index in [9.17, 15) is 4.79 Å². The van der Waals surface area contributed by atoms with Crippen LogP contribution in [0.4, 0.5) is 0 Å². The molecule has 2 aromatic rings. The molecule has 0 saturated carbocycles. The number of rotatable bonds is 2. The van der Waals surface area contributed by atoms with Gasteiger partial charge in [0.15, 0.2) is 0 Å². The summed E-state index contributed by atoms with van der Waals surface area (Å²) in [5.74, 6) is -0.165. The Labute approximate surface area is 103 Å². The minimum atomic E-state index is -0.165. The van der Waals surface area contributed by atoms with Gasteiger partial charge in [-0.3, -0.25) is 9.48 Å². The predicted molar refractivity (Wildman–Crippen MR) is 63.1 cm³/mol. The van der Waals surface area contributed by atoms with Crippen LogP contribution in [0.5, 0.6) is 0 Å². The fourth-order valence-electron chi connectivity index (χ4n) is 1.41. The van der Waals surface area contributed by atoms with E-state index in [0.717, 1.165) is 0 Å². The van der Waals surface area contributed by atoms with E-state index in [1.165, 1.54) is 4.68 Å². The minimum Gasteiger partial charge on any atom is -0.287 e. The van der Waals surface area contributed by atoms with Crippen molar-refractivity contribution in [3.05, 3.63) is 51.8 Å². The van der Waals surface area contributed by atoms with Crippen molar-refractivity contribution in [2.45, 2.75) is 0 Å². The highest BCUT2D eigenvalue weighted by Crippen LogP contribution is 2.23. The minimum absolute atomic E-state index is 0.165. The maximum absolute atomic E-state index is 12.1. The number of ketones is 1. The molecule has 3 nitrogen and oxygen atoms in total. The second-order valence-corrected chi connectivity index (χ2v) is 4.14. The van der Waals surface area contributed by atoms with Gasteiger partial charge in [-0.15, -0.1) is 0 Å². The smallest absolute Gasteiger partial charge is 0.212 e. The molecular weight excluding hydrogens is 247 g/mol. The molecule has 0 radical (unpaired) electrons. The van der Waals surface area contributed by atoms with Gasteiger partial charge in [-0.05, 0) is 24.3 Å². The fourth-order valence-corrected chi connectivity index (χ4v) is 1.90. The molecule has 0 atom stereocenters. The zero-order valence-corrected chi connectivity index (χ0v) is 9.96. The molecule has 1 heterocycles. The van der Waals surface area contributed by atoms with Crippen molar-refractivity contribution >= 4 is 29.0 Å². The predicted octanol–water partition coefficient (Wildman–Crippen LogP) is 2.96. The van der Waals surface area contributed by atoms with E-state index in [2.05, 4.69) is 5.10 Å². The van der Waals surface area contributed by atoms with Gasteiger partial charge in [0.1, 0.15) is 5.69 Å². The van der Waals surface area contributed by atoms with Gasteiger partial charge < -0.3 is 0 Å². The molecule has 0 spiro atoms. The number of nitrogens with zero attached hydrogens (tertiary/aromatic N) is 2. The van der Waals surface area contributed by atoms with Crippen LogP contribution < -0.4 is 0 Å². The summed E-state index contributed by atoms with van der Waals surface area (Å²) in [5.41, 5.74) is 0.916. The second kappa shape index (κ2) is 4.28. The van der Waals surface area contributed by atoms with Crippen LogP contribution in [0.25, 0.3) is 0 Å². The molecule has 1 aromatic carbocycles. The highest BCUT2D eigenvalue weighted by atomic mass is 35.5. The third-order valence-electron chi connectivity index (χ3n) is 2.23. The number of aryl methyl sites for hydroxylation is 1. The first-order chi connectivity index (χ1) is 7.59. The van der Waals surface area contributed by atoms with Crippen LogP contribution in [0.3, 0.4) is 0 Å². The van der Waals surface area contributed by atoms with Crippen molar-refractivity contribution in [1.82, 2.24) is 9.78 Å². The molecule has 0 saturated heterocycles. The molecule has 82 valence electrons. The summed E-state index contributed by atoms with van der Waals surface area (Å²) in [6, 6.07) is 6.44. The van der Waals surface area contributed by atoms with Gasteiger partial charge in [0.05, 0.1) is 5.02 Å². The molecule has 0 N–H and O–H groups in total. The summed E-state index contributed by atoms with van der Waals surface area (Å²) in [5, 5.41) is 4.79. The maximum Gasteiger partial charge on any atom is 0.212 e. The SMILES string of the molecule is Cn1nccc1C(=O)c1ccc(Cl)cc1Cl. The number of hydrogen-bond donors (Lipinski definition) is 0. The van der Waals surface area contributed by atoms with E-state index in [1.807, 2.05) is 0 Å². The van der Waals surface area contributed by atoms with Crippen LogP contribution in [-0.4, -0.2) is 15.6 Å². The Morgan fingerprint density at radius 3 is 2.62 bits per heavy atom. The van der Waals surface area contributed by atoms with E-state index >= 15 is 0 Å². The van der Waals surface area contributed by atoms with Gasteiger partial charge in [0, 0.05) is 23.8 Å². The molecule has 0 unspecified atom stereocenters. The molecule has 0 aliphatic carbocycles. The van der Waals surface area contributed by atoms with Crippen molar-refractivity contribution in [3.8, 4) is 0 Å². The number of benzene rings is 1. The number of carbonyl (C=O) groups is 1. The molecule has 0 fully saturated rings. The van der Waals surface area contributed by atoms with Crippen molar-refractivity contribution in [3.63, 3.8) is 0 Å². The quantitative estimate of drug-likeness (QED) is 0.773. The summed E-state index contributed by atoms with van der Waals surface area (Å²) in [4.78, 5) is 12.1. The number of hydrogen-bond acceptors (Lipinski definition) is 2. The first kappa shape index (κ1) is 11.2. The second-order valence-electron chi connectivity index (χ2n) is 3.29. The summed E-state index contributed by atoms with van der Waals surface area (Å²) in [7, 11) is 1.71. The van der Waals surface area contributed by atoms with Crippen LogP contribution in [0.2, 0.25) is 10.0 Å². The lowest BCUT2D eigenvalue weighted by Gasteiger charge is -2.04. The first-order valence-electron chi connectivity index (χ1n) is 4.57. The van der Waals surface area contributed by atoms with Crippen LogP contribution in [-0.2, 0) is 7.05 Å². The normalized spacial score (nSPS) is 10.4. The van der Waals surface area contributed by atoms with Crippen molar-refractivity contribution in [2.24, 2.45) is 7.05 Å². The Hall–Kier alpha value is -1.32. The molecule has 0 amide bonds. The highest BCUT2D eigenvalue weighted by molar-refractivity contribution is 6.37. The Morgan fingerprint density at radius 1 is 1.31 bits per heavy atom. The largest absolute Gasteiger partial charge is 0.287 e. The average molecular weight is 255 g/mol. The molecule has 0 aliphatic heterocycles. The van der Waals surface area contributed by atoms with Gasteiger partial charge in [-0.2, -0.15) is 5.10 Å². The molecule has 1 aromatic heterocycles. The van der Waals surface area contributed by atoms with Crippen molar-refractivity contribution in [1.29, 1.82) is 0 Å². The Kier molecular flexibility index (Phi) is 2.99. The van der Waals surface area contributed by atoms with E-state index in [1.54, 1.807) is 37.5 Å². The summed E-state index contributed by atoms with van der Waals surface area (Å²) >= 11 is 11.7. The monoisotopic (exact) mass is 254 g/mol. The van der Waals surface area contributed by atoms with Crippen LogP contribution in [0, 0.1) is 0 Å². The van der Waals surface area contributed by atoms with Gasteiger partial charge >= 0.3 is 0 Å². The lowest BCUT2D eigenvalue weighted by Crippen LogP contribution is -2.08. The number of aromatic nitrogens is 2. The lowest BCUT2D eigenvalue weighted by molar-refractivity contribution is 0.103. The van der Waals surface area contributed by atoms with E-state index in [-0.39, 0.29) is 5.78 Å². The standard InChI is InChI=1S/C11H8Cl2N2O/c1-15-10(4-5-14-15)11(16)8-3-2-7(12)6-9(8)13/h2-6H,1H3. The average Bonchev–Trinajstić information content (AvgIpc) is 2.63. The highest BCUT2D eigenvalue weighted by Gasteiger charge is 2.15. The summed E-state index contributed by atoms with van der Waals surface area (Å²) in [6.45, 7) is 0. The molecule has 0 bridgehead atoms. The zero-order valence-electron chi connectivity index (χ0n) is 8.45. The molecule has 16 heavy (non-hydrogen) atoms. The van der Waals surface area contributed by atoms with Crippen LogP contribution in [0.15, 0.2) is 30.5 Å². The molecule has 5 heteroatoms. The molecular formula is C11H8Cl2N2O. The topological polar surface area (TPSA) is 34.9 Å². The van der Waals surface area contributed by atoms with Gasteiger partial charge in [-0.1, -0.05) is 23.2 Å². The lowest BCUT2D eigenvalue weighted by atomic mass is 10.1.